The third kappa shape index (κ3) is 2.85. The molecule has 4 rings (SSSR count). The van der Waals surface area contributed by atoms with E-state index in [-0.39, 0.29) is 12.8 Å². The van der Waals surface area contributed by atoms with E-state index in [9.17, 15) is 4.79 Å². The van der Waals surface area contributed by atoms with E-state index in [0.717, 1.165) is 21.5 Å². The minimum absolute atomic E-state index is 0.202. The molecule has 0 saturated carbocycles. The number of rotatable bonds is 3. The molecule has 3 aromatic rings. The zero-order valence-corrected chi connectivity index (χ0v) is 13.8. The van der Waals surface area contributed by atoms with E-state index < -0.39 is 0 Å². The van der Waals surface area contributed by atoms with Gasteiger partial charge in [0.25, 0.3) is 0 Å². The van der Waals surface area contributed by atoms with Crippen LogP contribution in [0.4, 0.5) is 9.93 Å². The van der Waals surface area contributed by atoms with Crippen LogP contribution < -0.4 is 14.8 Å². The largest absolute Gasteiger partial charge is 0.454 e. The minimum Gasteiger partial charge on any atom is -0.454 e. The Bertz CT molecular complexity index is 876. The molecule has 0 unspecified atom stereocenters. The summed E-state index contributed by atoms with van der Waals surface area (Å²) in [5, 5.41) is 3.44. The van der Waals surface area contributed by atoms with Crippen molar-refractivity contribution in [1.29, 1.82) is 0 Å². The first-order valence-corrected chi connectivity index (χ1v) is 8.27. The van der Waals surface area contributed by atoms with Crippen molar-refractivity contribution in [2.45, 2.75) is 6.54 Å². The van der Waals surface area contributed by atoms with Gasteiger partial charge in [0.15, 0.2) is 16.6 Å². The number of benzene rings is 2. The molecule has 0 saturated heterocycles. The summed E-state index contributed by atoms with van der Waals surface area (Å²) in [5.74, 6) is 1.45. The molecule has 122 valence electrons. The highest BCUT2D eigenvalue weighted by Crippen LogP contribution is 2.32. The van der Waals surface area contributed by atoms with E-state index in [1.165, 1.54) is 11.3 Å². The van der Waals surface area contributed by atoms with Gasteiger partial charge in [0.1, 0.15) is 0 Å². The number of nitrogens with zero attached hydrogens (tertiary/aromatic N) is 2. The monoisotopic (exact) mass is 341 g/mol. The smallest absolute Gasteiger partial charge is 0.323 e. The average Bonchev–Trinajstić information content (AvgIpc) is 3.19. The molecule has 0 fully saturated rings. The summed E-state index contributed by atoms with van der Waals surface area (Å²) in [6, 6.07) is 13.3. The molecule has 0 radical (unpaired) electrons. The number of carbonyl (C=O) groups excluding carboxylic acids is 1. The van der Waals surface area contributed by atoms with E-state index in [1.807, 2.05) is 42.5 Å². The molecular formula is C17H15N3O3S. The summed E-state index contributed by atoms with van der Waals surface area (Å²) in [5.41, 5.74) is 1.86. The Labute approximate surface area is 142 Å². The summed E-state index contributed by atoms with van der Waals surface area (Å²) < 4.78 is 11.7. The van der Waals surface area contributed by atoms with Crippen molar-refractivity contribution in [1.82, 2.24) is 9.88 Å². The van der Waals surface area contributed by atoms with Crippen molar-refractivity contribution >= 4 is 32.7 Å². The van der Waals surface area contributed by atoms with Gasteiger partial charge < -0.3 is 14.4 Å². The Morgan fingerprint density at radius 1 is 1.25 bits per heavy atom. The van der Waals surface area contributed by atoms with Gasteiger partial charge in [0, 0.05) is 13.6 Å². The van der Waals surface area contributed by atoms with Crippen LogP contribution in [-0.4, -0.2) is 29.8 Å². The van der Waals surface area contributed by atoms with Crippen molar-refractivity contribution in [2.24, 2.45) is 0 Å². The lowest BCUT2D eigenvalue weighted by atomic mass is 10.2. The molecular weight excluding hydrogens is 326 g/mol. The van der Waals surface area contributed by atoms with Gasteiger partial charge in [-0.3, -0.25) is 5.32 Å². The molecule has 0 aliphatic carbocycles. The number of fused-ring (bicyclic) bond motifs is 2. The highest BCUT2D eigenvalue weighted by molar-refractivity contribution is 7.22. The number of anilines is 1. The zero-order valence-electron chi connectivity index (χ0n) is 13.0. The number of carbonyl (C=O) groups is 1. The average molecular weight is 341 g/mol. The molecule has 2 amide bonds. The van der Waals surface area contributed by atoms with Gasteiger partial charge in [0.05, 0.1) is 10.2 Å². The van der Waals surface area contributed by atoms with Crippen LogP contribution in [0.5, 0.6) is 11.5 Å². The molecule has 1 aliphatic heterocycles. The summed E-state index contributed by atoms with van der Waals surface area (Å²) >= 11 is 1.46. The topological polar surface area (TPSA) is 63.7 Å². The molecule has 0 atom stereocenters. The predicted molar refractivity (Wildman–Crippen MR) is 92.7 cm³/mol. The Kier molecular flexibility index (Phi) is 3.70. The first-order valence-electron chi connectivity index (χ1n) is 7.45. The van der Waals surface area contributed by atoms with Crippen LogP contribution in [0.2, 0.25) is 0 Å². The minimum atomic E-state index is -0.202. The Morgan fingerprint density at radius 3 is 2.96 bits per heavy atom. The second kappa shape index (κ2) is 6.01. The van der Waals surface area contributed by atoms with E-state index in [1.54, 1.807) is 11.9 Å². The number of urea groups is 1. The number of ether oxygens (including phenoxy) is 2. The molecule has 0 spiro atoms. The maximum Gasteiger partial charge on any atom is 0.323 e. The van der Waals surface area contributed by atoms with Crippen LogP contribution in [0.3, 0.4) is 0 Å². The van der Waals surface area contributed by atoms with Crippen molar-refractivity contribution in [3.63, 3.8) is 0 Å². The lowest BCUT2D eigenvalue weighted by Crippen LogP contribution is -2.30. The second-order valence-electron chi connectivity index (χ2n) is 5.46. The molecule has 2 heterocycles. The van der Waals surface area contributed by atoms with E-state index in [4.69, 9.17) is 9.47 Å². The van der Waals surface area contributed by atoms with Crippen LogP contribution in [0.1, 0.15) is 5.56 Å². The molecule has 1 N–H and O–H groups in total. The molecule has 24 heavy (non-hydrogen) atoms. The number of amides is 2. The Balaban J connectivity index is 1.44. The molecule has 2 aromatic carbocycles. The first kappa shape index (κ1) is 14.8. The maximum absolute atomic E-state index is 12.4. The summed E-state index contributed by atoms with van der Waals surface area (Å²) in [4.78, 5) is 18.4. The third-order valence-electron chi connectivity index (χ3n) is 3.71. The van der Waals surface area contributed by atoms with E-state index in [2.05, 4.69) is 10.3 Å². The normalized spacial score (nSPS) is 12.4. The van der Waals surface area contributed by atoms with Gasteiger partial charge in [-0.2, -0.15) is 0 Å². The number of hydrogen-bond donors (Lipinski definition) is 1. The number of para-hydroxylation sites is 1. The van der Waals surface area contributed by atoms with Gasteiger partial charge in [0.2, 0.25) is 6.79 Å². The van der Waals surface area contributed by atoms with E-state index in [0.29, 0.717) is 17.4 Å². The Morgan fingerprint density at radius 2 is 2.08 bits per heavy atom. The third-order valence-corrected chi connectivity index (χ3v) is 4.66. The van der Waals surface area contributed by atoms with Crippen LogP contribution in [0, 0.1) is 0 Å². The molecule has 7 heteroatoms. The van der Waals surface area contributed by atoms with Crippen molar-refractivity contribution in [2.75, 3.05) is 19.2 Å². The van der Waals surface area contributed by atoms with Gasteiger partial charge in [-0.15, -0.1) is 0 Å². The quantitative estimate of drug-likeness (QED) is 0.789. The van der Waals surface area contributed by atoms with Crippen LogP contribution >= 0.6 is 11.3 Å². The zero-order chi connectivity index (χ0) is 16.5. The highest BCUT2D eigenvalue weighted by atomic mass is 32.1. The number of nitrogens with one attached hydrogen (secondary N) is 1. The van der Waals surface area contributed by atoms with Gasteiger partial charge in [-0.05, 0) is 29.8 Å². The van der Waals surface area contributed by atoms with Crippen molar-refractivity contribution in [3.05, 3.63) is 48.0 Å². The number of aromatic nitrogens is 1. The maximum atomic E-state index is 12.4. The van der Waals surface area contributed by atoms with Gasteiger partial charge >= 0.3 is 6.03 Å². The van der Waals surface area contributed by atoms with Crippen LogP contribution in [0.15, 0.2) is 42.5 Å². The fourth-order valence-electron chi connectivity index (χ4n) is 2.50. The van der Waals surface area contributed by atoms with Crippen LogP contribution in [0.25, 0.3) is 10.2 Å². The van der Waals surface area contributed by atoms with Crippen molar-refractivity contribution < 1.29 is 14.3 Å². The van der Waals surface area contributed by atoms with Gasteiger partial charge in [-0.1, -0.05) is 29.5 Å². The SMILES string of the molecule is CN(Cc1ccc2c(c1)OCO2)C(=O)Nc1nc2ccccc2s1. The van der Waals surface area contributed by atoms with Crippen molar-refractivity contribution in [3.8, 4) is 11.5 Å². The number of hydrogen-bond acceptors (Lipinski definition) is 5. The van der Waals surface area contributed by atoms with Gasteiger partial charge in [-0.25, -0.2) is 9.78 Å². The summed E-state index contributed by atoms with van der Waals surface area (Å²) in [6.07, 6.45) is 0. The first-order chi connectivity index (χ1) is 11.7. The number of thiazole rings is 1. The molecule has 0 bridgehead atoms. The fraction of sp³-hybridized carbons (Fsp3) is 0.176. The molecule has 1 aliphatic rings. The Hall–Kier alpha value is -2.80. The summed E-state index contributed by atoms with van der Waals surface area (Å²) in [6.45, 7) is 0.708. The standard InChI is InChI=1S/C17H15N3O3S/c1-20(9-11-6-7-13-14(8-11)23-10-22-13)17(21)19-16-18-12-4-2-3-5-15(12)24-16/h2-8H,9-10H2,1H3,(H,18,19,21). The second-order valence-corrected chi connectivity index (χ2v) is 6.49. The molecule has 6 nitrogen and oxygen atoms in total. The highest BCUT2D eigenvalue weighted by Gasteiger charge is 2.16. The van der Waals surface area contributed by atoms with E-state index >= 15 is 0 Å². The van der Waals surface area contributed by atoms with Crippen LogP contribution in [-0.2, 0) is 6.54 Å². The fourth-order valence-corrected chi connectivity index (χ4v) is 3.35. The predicted octanol–water partition coefficient (Wildman–Crippen LogP) is 3.69. The summed E-state index contributed by atoms with van der Waals surface area (Å²) in [7, 11) is 1.74. The molecule has 1 aromatic heterocycles. The lowest BCUT2D eigenvalue weighted by molar-refractivity contribution is 0.174. The lowest BCUT2D eigenvalue weighted by Gasteiger charge is -2.17.